The maximum Gasteiger partial charge on any atom is 0.166 e. The van der Waals surface area contributed by atoms with Crippen molar-refractivity contribution in [2.75, 3.05) is 13.7 Å². The van der Waals surface area contributed by atoms with Gasteiger partial charge in [-0.05, 0) is 48.4 Å². The Morgan fingerprint density at radius 3 is 2.52 bits per heavy atom. The standard InChI is InChI=1S/C22H25F3O2/c1-3-4-5-14-6-7-15(12-19(14)23)17-9-10-18(22(25)21(17)24)16-8-11-20(26-2)27-13-16/h6-7,9-10,12,16,20H,3-5,8,11,13H2,1-2H3. The Hall–Kier alpha value is -1.85. The average Bonchev–Trinajstić information content (AvgIpc) is 2.69. The van der Waals surface area contributed by atoms with Crippen LogP contribution in [0.4, 0.5) is 13.2 Å². The van der Waals surface area contributed by atoms with Crippen LogP contribution in [0.3, 0.4) is 0 Å². The number of ether oxygens (including phenoxy) is 2. The molecule has 2 nitrogen and oxygen atoms in total. The molecule has 2 aromatic rings. The molecule has 1 fully saturated rings. The fourth-order valence-corrected chi connectivity index (χ4v) is 3.55. The summed E-state index contributed by atoms with van der Waals surface area (Å²) >= 11 is 0. The van der Waals surface area contributed by atoms with Crippen molar-refractivity contribution in [1.29, 1.82) is 0 Å². The first-order chi connectivity index (χ1) is 13.0. The predicted octanol–water partition coefficient (Wildman–Crippen LogP) is 5.98. The third kappa shape index (κ3) is 4.36. The van der Waals surface area contributed by atoms with Crippen molar-refractivity contribution in [3.8, 4) is 11.1 Å². The molecule has 0 N–H and O–H groups in total. The summed E-state index contributed by atoms with van der Waals surface area (Å²) in [4.78, 5) is 0. The van der Waals surface area contributed by atoms with E-state index in [4.69, 9.17) is 9.47 Å². The van der Waals surface area contributed by atoms with E-state index in [2.05, 4.69) is 0 Å². The zero-order chi connectivity index (χ0) is 19.4. The van der Waals surface area contributed by atoms with Gasteiger partial charge in [-0.1, -0.05) is 37.6 Å². The molecule has 0 bridgehead atoms. The predicted molar refractivity (Wildman–Crippen MR) is 99.1 cm³/mol. The molecule has 1 heterocycles. The van der Waals surface area contributed by atoms with E-state index in [-0.39, 0.29) is 30.2 Å². The number of benzene rings is 2. The van der Waals surface area contributed by atoms with Gasteiger partial charge in [0.05, 0.1) is 6.61 Å². The molecule has 1 saturated heterocycles. The first-order valence-corrected chi connectivity index (χ1v) is 9.46. The van der Waals surface area contributed by atoms with Crippen LogP contribution in [0.2, 0.25) is 0 Å². The molecule has 0 radical (unpaired) electrons. The van der Waals surface area contributed by atoms with Crippen molar-refractivity contribution in [1.82, 2.24) is 0 Å². The Morgan fingerprint density at radius 2 is 1.89 bits per heavy atom. The lowest BCUT2D eigenvalue weighted by atomic mass is 9.90. The molecule has 0 saturated carbocycles. The zero-order valence-corrected chi connectivity index (χ0v) is 15.7. The molecule has 3 rings (SSSR count). The van der Waals surface area contributed by atoms with E-state index in [1.807, 2.05) is 6.92 Å². The Bertz CT molecular complexity index is 783. The summed E-state index contributed by atoms with van der Waals surface area (Å²) < 4.78 is 54.3. The SMILES string of the molecule is CCCCc1ccc(-c2ccc(C3CCC(OC)OC3)c(F)c2F)cc1F. The monoisotopic (exact) mass is 378 g/mol. The van der Waals surface area contributed by atoms with Crippen LogP contribution >= 0.6 is 0 Å². The molecule has 0 amide bonds. The topological polar surface area (TPSA) is 18.5 Å². The summed E-state index contributed by atoms with van der Waals surface area (Å²) in [5, 5.41) is 0. The summed E-state index contributed by atoms with van der Waals surface area (Å²) in [5.41, 5.74) is 1.31. The van der Waals surface area contributed by atoms with Gasteiger partial charge < -0.3 is 9.47 Å². The van der Waals surface area contributed by atoms with Gasteiger partial charge in [-0.2, -0.15) is 0 Å². The molecule has 0 aromatic heterocycles. The molecule has 2 atom stereocenters. The Morgan fingerprint density at radius 1 is 1.07 bits per heavy atom. The lowest BCUT2D eigenvalue weighted by Crippen LogP contribution is -2.26. The van der Waals surface area contributed by atoms with E-state index in [1.165, 1.54) is 12.1 Å². The van der Waals surface area contributed by atoms with Gasteiger partial charge in [0.15, 0.2) is 17.9 Å². The van der Waals surface area contributed by atoms with Gasteiger partial charge in [-0.15, -0.1) is 0 Å². The lowest BCUT2D eigenvalue weighted by Gasteiger charge is -2.28. The highest BCUT2D eigenvalue weighted by Gasteiger charge is 2.27. The number of hydrogen-bond donors (Lipinski definition) is 0. The number of methoxy groups -OCH3 is 1. The van der Waals surface area contributed by atoms with E-state index in [1.54, 1.807) is 25.3 Å². The van der Waals surface area contributed by atoms with Crippen molar-refractivity contribution < 1.29 is 22.6 Å². The zero-order valence-electron chi connectivity index (χ0n) is 15.7. The molecule has 2 unspecified atom stereocenters. The second-order valence-corrected chi connectivity index (χ2v) is 7.01. The highest BCUT2D eigenvalue weighted by Crippen LogP contribution is 2.34. The van der Waals surface area contributed by atoms with Crippen LogP contribution in [0.5, 0.6) is 0 Å². The summed E-state index contributed by atoms with van der Waals surface area (Å²) in [6.45, 7) is 2.33. The molecule has 27 heavy (non-hydrogen) atoms. The van der Waals surface area contributed by atoms with Crippen LogP contribution in [0, 0.1) is 17.5 Å². The van der Waals surface area contributed by atoms with E-state index in [0.29, 0.717) is 36.0 Å². The van der Waals surface area contributed by atoms with E-state index in [9.17, 15) is 13.2 Å². The molecular weight excluding hydrogens is 353 g/mol. The number of rotatable bonds is 6. The highest BCUT2D eigenvalue weighted by atomic mass is 19.2. The van der Waals surface area contributed by atoms with Crippen molar-refractivity contribution in [3.63, 3.8) is 0 Å². The Kier molecular flexibility index (Phi) is 6.55. The number of hydrogen-bond acceptors (Lipinski definition) is 2. The molecular formula is C22H25F3O2. The van der Waals surface area contributed by atoms with E-state index >= 15 is 0 Å². The van der Waals surface area contributed by atoms with Crippen LogP contribution in [-0.4, -0.2) is 20.0 Å². The van der Waals surface area contributed by atoms with E-state index < -0.39 is 11.6 Å². The third-order valence-corrected chi connectivity index (χ3v) is 5.21. The summed E-state index contributed by atoms with van der Waals surface area (Å²) in [5.74, 6) is -2.42. The first kappa shape index (κ1) is 19.9. The van der Waals surface area contributed by atoms with Gasteiger partial charge in [0.2, 0.25) is 0 Å². The third-order valence-electron chi connectivity index (χ3n) is 5.21. The van der Waals surface area contributed by atoms with Gasteiger partial charge in [0, 0.05) is 18.6 Å². The number of aryl methyl sites for hydroxylation is 1. The van der Waals surface area contributed by atoms with Crippen molar-refractivity contribution >= 4 is 0 Å². The molecule has 5 heteroatoms. The molecule has 1 aliphatic heterocycles. The molecule has 0 aliphatic carbocycles. The molecule has 1 aliphatic rings. The van der Waals surface area contributed by atoms with Gasteiger partial charge in [-0.3, -0.25) is 0 Å². The fraction of sp³-hybridized carbons (Fsp3) is 0.455. The normalized spacial score (nSPS) is 20.0. The molecule has 0 spiro atoms. The molecule has 146 valence electrons. The first-order valence-electron chi connectivity index (χ1n) is 9.46. The Balaban J connectivity index is 1.84. The summed E-state index contributed by atoms with van der Waals surface area (Å²) in [6, 6.07) is 7.70. The van der Waals surface area contributed by atoms with Crippen LogP contribution in [0.25, 0.3) is 11.1 Å². The summed E-state index contributed by atoms with van der Waals surface area (Å²) in [6.07, 6.45) is 3.51. The maximum atomic E-state index is 14.7. The second kappa shape index (κ2) is 8.89. The van der Waals surface area contributed by atoms with Gasteiger partial charge >= 0.3 is 0 Å². The second-order valence-electron chi connectivity index (χ2n) is 7.01. The minimum absolute atomic E-state index is 0.0729. The van der Waals surface area contributed by atoms with Crippen molar-refractivity contribution in [2.45, 2.75) is 51.2 Å². The minimum atomic E-state index is -0.943. The van der Waals surface area contributed by atoms with Crippen LogP contribution in [-0.2, 0) is 15.9 Å². The van der Waals surface area contributed by atoms with Crippen molar-refractivity contribution in [3.05, 3.63) is 58.9 Å². The maximum absolute atomic E-state index is 14.7. The largest absolute Gasteiger partial charge is 0.356 e. The van der Waals surface area contributed by atoms with Crippen LogP contribution in [0.15, 0.2) is 30.3 Å². The van der Waals surface area contributed by atoms with Crippen LogP contribution in [0.1, 0.15) is 49.7 Å². The number of halogens is 3. The number of unbranched alkanes of at least 4 members (excludes halogenated alkanes) is 1. The van der Waals surface area contributed by atoms with Gasteiger partial charge in [0.25, 0.3) is 0 Å². The molecule has 2 aromatic carbocycles. The van der Waals surface area contributed by atoms with E-state index in [0.717, 1.165) is 12.8 Å². The van der Waals surface area contributed by atoms with Crippen molar-refractivity contribution in [2.24, 2.45) is 0 Å². The van der Waals surface area contributed by atoms with Gasteiger partial charge in [0.1, 0.15) is 5.82 Å². The fourth-order valence-electron chi connectivity index (χ4n) is 3.55. The highest BCUT2D eigenvalue weighted by molar-refractivity contribution is 5.65. The van der Waals surface area contributed by atoms with Gasteiger partial charge in [-0.25, -0.2) is 13.2 Å². The average molecular weight is 378 g/mol. The van der Waals surface area contributed by atoms with Crippen LogP contribution < -0.4 is 0 Å². The lowest BCUT2D eigenvalue weighted by molar-refractivity contribution is -0.151. The minimum Gasteiger partial charge on any atom is -0.356 e. The summed E-state index contributed by atoms with van der Waals surface area (Å²) in [7, 11) is 1.56. The quantitative estimate of drug-likeness (QED) is 0.616. The Labute approximate surface area is 158 Å². The smallest absolute Gasteiger partial charge is 0.166 e.